The number of aryl methyl sites for hydroxylation is 1. The van der Waals surface area contributed by atoms with Gasteiger partial charge in [0.25, 0.3) is 0 Å². The van der Waals surface area contributed by atoms with E-state index >= 15 is 0 Å². The lowest BCUT2D eigenvalue weighted by Crippen LogP contribution is -2.60. The Labute approximate surface area is 168 Å². The number of carbonyl (C=O) groups excluding carboxylic acids is 2. The number of piperidine rings is 1. The van der Waals surface area contributed by atoms with Gasteiger partial charge in [0.2, 0.25) is 11.8 Å². The average molecular weight is 385 g/mol. The molecule has 0 bridgehead atoms. The number of hydrogen-bond donors (Lipinski definition) is 0. The number of methoxy groups -OCH3 is 1. The maximum Gasteiger partial charge on any atom is 0.235 e. The van der Waals surface area contributed by atoms with Crippen molar-refractivity contribution in [3.8, 4) is 5.75 Å². The van der Waals surface area contributed by atoms with Gasteiger partial charge in [-0.05, 0) is 80.8 Å². The van der Waals surface area contributed by atoms with Crippen molar-refractivity contribution in [2.75, 3.05) is 34.3 Å². The van der Waals surface area contributed by atoms with Crippen LogP contribution in [0.4, 0.5) is 0 Å². The van der Waals surface area contributed by atoms with Crippen molar-refractivity contribution in [2.24, 2.45) is 17.3 Å². The lowest BCUT2D eigenvalue weighted by molar-refractivity contribution is -0.167. The third-order valence-electron chi connectivity index (χ3n) is 7.52. The first-order chi connectivity index (χ1) is 13.3. The van der Waals surface area contributed by atoms with E-state index in [0.29, 0.717) is 24.8 Å². The quantitative estimate of drug-likeness (QED) is 0.749. The fourth-order valence-electron chi connectivity index (χ4n) is 5.89. The number of benzene rings is 1. The zero-order valence-corrected chi connectivity index (χ0v) is 17.5. The molecule has 0 N–H and O–H groups in total. The number of carbonyl (C=O) groups is 2. The molecule has 4 rings (SSSR count). The van der Waals surface area contributed by atoms with E-state index in [4.69, 9.17) is 4.74 Å². The van der Waals surface area contributed by atoms with Gasteiger partial charge in [-0.1, -0.05) is 13.0 Å². The number of hydrogen-bond acceptors (Lipinski definition) is 4. The maximum absolute atomic E-state index is 13.4. The number of amides is 2. The number of rotatable bonds is 4. The third kappa shape index (κ3) is 3.04. The minimum absolute atomic E-state index is 0.0236. The van der Waals surface area contributed by atoms with Crippen molar-refractivity contribution in [1.82, 2.24) is 9.80 Å². The molecule has 1 heterocycles. The summed E-state index contributed by atoms with van der Waals surface area (Å²) in [4.78, 5) is 29.8. The lowest BCUT2D eigenvalue weighted by Gasteiger charge is -2.54. The summed E-state index contributed by atoms with van der Waals surface area (Å²) >= 11 is 0. The van der Waals surface area contributed by atoms with Crippen LogP contribution in [-0.2, 0) is 16.0 Å². The highest BCUT2D eigenvalue weighted by atomic mass is 16.5. The molecule has 4 atom stereocenters. The molecular formula is C23H32N2O3. The van der Waals surface area contributed by atoms with E-state index in [-0.39, 0.29) is 17.7 Å². The average Bonchev–Trinajstić information content (AvgIpc) is 2.68. The summed E-state index contributed by atoms with van der Waals surface area (Å²) in [6.07, 6.45) is 4.48. The molecule has 0 spiro atoms. The van der Waals surface area contributed by atoms with Gasteiger partial charge in [0.1, 0.15) is 5.75 Å². The van der Waals surface area contributed by atoms with E-state index in [1.807, 2.05) is 19.0 Å². The minimum atomic E-state index is -0.397. The van der Waals surface area contributed by atoms with Gasteiger partial charge in [-0.2, -0.15) is 0 Å². The SMILES string of the molecule is COc1ccc2c(c1)CC[C@@H]1[C@@H]2CC[C@]2(C)C(=O)N(CCN(C)C)C(=O)C[C@@H]12. The molecule has 1 aromatic carbocycles. The first kappa shape index (κ1) is 19.4. The molecule has 28 heavy (non-hydrogen) atoms. The first-order valence-electron chi connectivity index (χ1n) is 10.5. The second-order valence-electron chi connectivity index (χ2n) is 9.29. The van der Waals surface area contributed by atoms with Gasteiger partial charge in [-0.15, -0.1) is 0 Å². The predicted octanol–water partition coefficient (Wildman–Crippen LogP) is 3.08. The molecule has 3 aliphatic rings. The molecule has 2 fully saturated rings. The zero-order valence-electron chi connectivity index (χ0n) is 17.5. The van der Waals surface area contributed by atoms with Gasteiger partial charge >= 0.3 is 0 Å². The van der Waals surface area contributed by atoms with Crippen LogP contribution in [0.1, 0.15) is 49.7 Å². The summed E-state index contributed by atoms with van der Waals surface area (Å²) in [7, 11) is 5.66. The Kier molecular flexibility index (Phi) is 4.98. The number of imide groups is 1. The maximum atomic E-state index is 13.4. The predicted molar refractivity (Wildman–Crippen MR) is 108 cm³/mol. The molecule has 152 valence electrons. The molecule has 1 aliphatic heterocycles. The van der Waals surface area contributed by atoms with Crippen LogP contribution in [0.5, 0.6) is 5.75 Å². The number of ether oxygens (including phenoxy) is 1. The summed E-state index contributed by atoms with van der Waals surface area (Å²) in [5.74, 6) is 2.05. The smallest absolute Gasteiger partial charge is 0.235 e. The Morgan fingerprint density at radius 1 is 1.25 bits per heavy atom. The monoisotopic (exact) mass is 384 g/mol. The van der Waals surface area contributed by atoms with Gasteiger partial charge in [0.15, 0.2) is 0 Å². The van der Waals surface area contributed by atoms with E-state index in [2.05, 4.69) is 25.1 Å². The molecule has 5 heteroatoms. The lowest BCUT2D eigenvalue weighted by atomic mass is 9.52. The molecule has 0 unspecified atom stereocenters. The topological polar surface area (TPSA) is 49.9 Å². The van der Waals surface area contributed by atoms with E-state index in [9.17, 15) is 9.59 Å². The minimum Gasteiger partial charge on any atom is -0.497 e. The van der Waals surface area contributed by atoms with Crippen LogP contribution in [0.2, 0.25) is 0 Å². The molecule has 1 saturated carbocycles. The highest BCUT2D eigenvalue weighted by Crippen LogP contribution is 2.58. The van der Waals surface area contributed by atoms with Crippen molar-refractivity contribution in [3.05, 3.63) is 29.3 Å². The Bertz CT molecular complexity index is 790. The number of fused-ring (bicyclic) bond motifs is 5. The summed E-state index contributed by atoms with van der Waals surface area (Å²) < 4.78 is 5.40. The fourth-order valence-corrected chi connectivity index (χ4v) is 5.89. The van der Waals surface area contributed by atoms with E-state index in [1.54, 1.807) is 12.0 Å². The Balaban J connectivity index is 1.60. The van der Waals surface area contributed by atoms with Gasteiger partial charge in [-0.3, -0.25) is 14.5 Å². The van der Waals surface area contributed by atoms with Crippen LogP contribution in [-0.4, -0.2) is 55.9 Å². The number of likely N-dealkylation sites (N-methyl/N-ethyl adjacent to an activating group) is 1. The standard InChI is InChI=1S/C23H32N2O3/c1-23-10-9-18-17-8-6-16(28-4)13-15(17)5-7-19(18)20(23)14-21(26)25(22(23)27)12-11-24(2)3/h6,8,13,18-20H,5,7,9-12,14H2,1-4H3/t18-,19-,20+,23+/m1/s1. The molecule has 1 saturated heterocycles. The van der Waals surface area contributed by atoms with Gasteiger partial charge in [0.05, 0.1) is 12.5 Å². The summed E-state index contributed by atoms with van der Waals surface area (Å²) in [6.45, 7) is 3.35. The van der Waals surface area contributed by atoms with Crippen molar-refractivity contribution in [2.45, 2.75) is 44.9 Å². The van der Waals surface area contributed by atoms with Crippen molar-refractivity contribution in [1.29, 1.82) is 0 Å². The number of nitrogens with zero attached hydrogens (tertiary/aromatic N) is 2. The van der Waals surface area contributed by atoms with Crippen LogP contribution in [0.15, 0.2) is 18.2 Å². The van der Waals surface area contributed by atoms with Crippen LogP contribution < -0.4 is 4.74 Å². The Hall–Kier alpha value is -1.88. The molecule has 0 aromatic heterocycles. The summed E-state index contributed by atoms with van der Waals surface area (Å²) in [5.41, 5.74) is 2.39. The van der Waals surface area contributed by atoms with Crippen molar-refractivity contribution in [3.63, 3.8) is 0 Å². The fraction of sp³-hybridized carbons (Fsp3) is 0.652. The molecule has 5 nitrogen and oxygen atoms in total. The Morgan fingerprint density at radius 3 is 2.75 bits per heavy atom. The highest BCUT2D eigenvalue weighted by molar-refractivity contribution is 6.01. The summed E-state index contributed by atoms with van der Waals surface area (Å²) in [5, 5.41) is 0. The molecule has 0 radical (unpaired) electrons. The summed E-state index contributed by atoms with van der Waals surface area (Å²) in [6, 6.07) is 6.43. The number of likely N-dealkylation sites (tertiary alicyclic amines) is 1. The van der Waals surface area contributed by atoms with Crippen LogP contribution in [0.25, 0.3) is 0 Å². The van der Waals surface area contributed by atoms with E-state index in [1.165, 1.54) is 11.1 Å². The molecule has 2 aliphatic carbocycles. The van der Waals surface area contributed by atoms with Crippen LogP contribution >= 0.6 is 0 Å². The first-order valence-corrected chi connectivity index (χ1v) is 10.5. The highest BCUT2D eigenvalue weighted by Gasteiger charge is 2.57. The molecule has 1 aromatic rings. The van der Waals surface area contributed by atoms with E-state index < -0.39 is 5.41 Å². The largest absolute Gasteiger partial charge is 0.497 e. The second-order valence-corrected chi connectivity index (χ2v) is 9.29. The zero-order chi connectivity index (χ0) is 20.1. The van der Waals surface area contributed by atoms with Crippen molar-refractivity contribution < 1.29 is 14.3 Å². The van der Waals surface area contributed by atoms with Gasteiger partial charge < -0.3 is 9.64 Å². The van der Waals surface area contributed by atoms with Crippen LogP contribution in [0.3, 0.4) is 0 Å². The molecule has 2 amide bonds. The van der Waals surface area contributed by atoms with Gasteiger partial charge in [-0.25, -0.2) is 0 Å². The third-order valence-corrected chi connectivity index (χ3v) is 7.52. The van der Waals surface area contributed by atoms with Gasteiger partial charge in [0, 0.05) is 19.5 Å². The normalized spacial score (nSPS) is 32.0. The van der Waals surface area contributed by atoms with Crippen molar-refractivity contribution >= 4 is 11.8 Å². The van der Waals surface area contributed by atoms with Crippen LogP contribution in [0, 0.1) is 17.3 Å². The molecular weight excluding hydrogens is 352 g/mol. The second kappa shape index (κ2) is 7.18. The Morgan fingerprint density at radius 2 is 2.04 bits per heavy atom. The van der Waals surface area contributed by atoms with E-state index in [0.717, 1.165) is 38.0 Å².